The van der Waals surface area contributed by atoms with Crippen LogP contribution in [0, 0.1) is 18.3 Å². The van der Waals surface area contributed by atoms with Crippen molar-refractivity contribution >= 4 is 5.69 Å². The van der Waals surface area contributed by atoms with Gasteiger partial charge in [-0.25, -0.2) is 0 Å². The van der Waals surface area contributed by atoms with Crippen molar-refractivity contribution in [2.75, 3.05) is 5.73 Å². The number of phenolic OH excluding ortho intramolecular Hbond substituents is 1. The fourth-order valence-electron chi connectivity index (χ4n) is 0.842. The summed E-state index contributed by atoms with van der Waals surface area (Å²) < 4.78 is 0. The molecule has 0 aliphatic rings. The van der Waals surface area contributed by atoms with E-state index < -0.39 is 0 Å². The van der Waals surface area contributed by atoms with Crippen molar-refractivity contribution in [1.82, 2.24) is 0 Å². The molecule has 3 nitrogen and oxygen atoms in total. The van der Waals surface area contributed by atoms with E-state index in [4.69, 9.17) is 11.0 Å². The summed E-state index contributed by atoms with van der Waals surface area (Å²) in [5.74, 6) is 0.00375. The molecule has 0 spiro atoms. The Balaban J connectivity index is 3.40. The lowest BCUT2D eigenvalue weighted by molar-refractivity contribution is 0.473. The molecule has 0 saturated heterocycles. The summed E-state index contributed by atoms with van der Waals surface area (Å²) in [6, 6.07) is 5.05. The van der Waals surface area contributed by atoms with Gasteiger partial charge in [-0.15, -0.1) is 0 Å². The molecule has 0 heterocycles. The van der Waals surface area contributed by atoms with Crippen molar-refractivity contribution in [2.45, 2.75) is 6.92 Å². The Kier molecular flexibility index (Phi) is 1.69. The van der Waals surface area contributed by atoms with Crippen LogP contribution in [-0.2, 0) is 0 Å². The van der Waals surface area contributed by atoms with Gasteiger partial charge in [-0.2, -0.15) is 5.26 Å². The summed E-state index contributed by atoms with van der Waals surface area (Å²) in [5.41, 5.74) is 6.68. The molecule has 1 aromatic rings. The second-order valence-electron chi connectivity index (χ2n) is 2.29. The highest BCUT2D eigenvalue weighted by atomic mass is 16.3. The van der Waals surface area contributed by atoms with E-state index in [0.717, 1.165) is 0 Å². The summed E-state index contributed by atoms with van der Waals surface area (Å²) in [4.78, 5) is 0. The summed E-state index contributed by atoms with van der Waals surface area (Å²) in [7, 11) is 0. The maximum absolute atomic E-state index is 9.24. The van der Waals surface area contributed by atoms with Gasteiger partial charge >= 0.3 is 0 Å². The summed E-state index contributed by atoms with van der Waals surface area (Å²) in [6.07, 6.45) is 0. The zero-order valence-electron chi connectivity index (χ0n) is 6.13. The minimum absolute atomic E-state index is 0.00375. The Bertz CT molecular complexity index is 326. The van der Waals surface area contributed by atoms with Crippen LogP contribution in [0.1, 0.15) is 11.1 Å². The van der Waals surface area contributed by atoms with Crippen LogP contribution in [-0.4, -0.2) is 5.11 Å². The number of nitriles is 1. The van der Waals surface area contributed by atoms with E-state index in [1.165, 1.54) is 6.07 Å². The van der Waals surface area contributed by atoms with Gasteiger partial charge in [0.1, 0.15) is 5.75 Å². The Hall–Kier alpha value is -1.69. The van der Waals surface area contributed by atoms with Gasteiger partial charge in [0.15, 0.2) is 0 Å². The van der Waals surface area contributed by atoms with Crippen LogP contribution in [0.3, 0.4) is 0 Å². The number of nitrogens with two attached hydrogens (primary N) is 1. The third-order valence-corrected chi connectivity index (χ3v) is 1.58. The summed E-state index contributed by atoms with van der Waals surface area (Å²) in [6.45, 7) is 1.66. The zero-order valence-corrected chi connectivity index (χ0v) is 6.13. The number of anilines is 1. The summed E-state index contributed by atoms with van der Waals surface area (Å²) in [5, 5.41) is 17.8. The maximum Gasteiger partial charge on any atom is 0.142 e. The average molecular weight is 148 g/mol. The SMILES string of the molecule is Cc1c(C#N)ccc(N)c1O. The molecular weight excluding hydrogens is 140 g/mol. The molecule has 0 bridgehead atoms. The fraction of sp³-hybridized carbons (Fsp3) is 0.125. The molecule has 11 heavy (non-hydrogen) atoms. The maximum atomic E-state index is 9.24. The first-order valence-electron chi connectivity index (χ1n) is 3.15. The molecule has 0 saturated carbocycles. The van der Waals surface area contributed by atoms with Crippen LogP contribution in [0.25, 0.3) is 0 Å². The van der Waals surface area contributed by atoms with Gasteiger partial charge in [0.2, 0.25) is 0 Å². The summed E-state index contributed by atoms with van der Waals surface area (Å²) >= 11 is 0. The van der Waals surface area contributed by atoms with Gasteiger partial charge in [-0.05, 0) is 19.1 Å². The molecule has 0 atom stereocenters. The molecule has 1 aromatic carbocycles. The predicted molar refractivity (Wildman–Crippen MR) is 42.0 cm³/mol. The largest absolute Gasteiger partial charge is 0.505 e. The highest BCUT2D eigenvalue weighted by molar-refractivity contribution is 5.60. The lowest BCUT2D eigenvalue weighted by Gasteiger charge is -2.02. The number of phenols is 1. The van der Waals surface area contributed by atoms with Crippen LogP contribution in [0.4, 0.5) is 5.69 Å². The quantitative estimate of drug-likeness (QED) is 0.428. The lowest BCUT2D eigenvalue weighted by Crippen LogP contribution is -1.90. The molecule has 0 fully saturated rings. The van der Waals surface area contributed by atoms with E-state index in [1.54, 1.807) is 13.0 Å². The van der Waals surface area contributed by atoms with Gasteiger partial charge in [0.05, 0.1) is 17.3 Å². The third kappa shape index (κ3) is 1.10. The minimum Gasteiger partial charge on any atom is -0.505 e. The predicted octanol–water partition coefficient (Wildman–Crippen LogP) is 1.15. The first kappa shape index (κ1) is 7.42. The molecule has 0 aliphatic carbocycles. The van der Waals surface area contributed by atoms with Gasteiger partial charge in [0, 0.05) is 5.56 Å². The van der Waals surface area contributed by atoms with E-state index >= 15 is 0 Å². The van der Waals surface area contributed by atoms with Crippen LogP contribution >= 0.6 is 0 Å². The van der Waals surface area contributed by atoms with Crippen molar-refractivity contribution in [3.63, 3.8) is 0 Å². The molecule has 0 radical (unpaired) electrons. The van der Waals surface area contributed by atoms with Gasteiger partial charge in [0.25, 0.3) is 0 Å². The second kappa shape index (κ2) is 2.51. The Morgan fingerprint density at radius 2 is 2.18 bits per heavy atom. The standard InChI is InChI=1S/C8H8N2O/c1-5-6(4-9)2-3-7(10)8(5)11/h2-3,11H,10H2,1H3. The van der Waals surface area contributed by atoms with Crippen LogP contribution in [0.2, 0.25) is 0 Å². The van der Waals surface area contributed by atoms with Gasteiger partial charge < -0.3 is 10.8 Å². The molecule has 3 N–H and O–H groups in total. The number of nitrogens with zero attached hydrogens (tertiary/aromatic N) is 1. The third-order valence-electron chi connectivity index (χ3n) is 1.58. The van der Waals surface area contributed by atoms with E-state index in [-0.39, 0.29) is 5.75 Å². The molecule has 0 aromatic heterocycles. The van der Waals surface area contributed by atoms with Gasteiger partial charge in [-0.1, -0.05) is 0 Å². The van der Waals surface area contributed by atoms with Crippen LogP contribution in [0.5, 0.6) is 5.75 Å². The highest BCUT2D eigenvalue weighted by Gasteiger charge is 2.04. The van der Waals surface area contributed by atoms with Crippen molar-refractivity contribution in [1.29, 1.82) is 5.26 Å². The van der Waals surface area contributed by atoms with Crippen molar-refractivity contribution in [3.8, 4) is 11.8 Å². The zero-order chi connectivity index (χ0) is 8.43. The first-order chi connectivity index (χ1) is 5.16. The van der Waals surface area contributed by atoms with Crippen molar-refractivity contribution in [2.24, 2.45) is 0 Å². The van der Waals surface area contributed by atoms with Crippen molar-refractivity contribution in [3.05, 3.63) is 23.3 Å². The van der Waals surface area contributed by atoms with E-state index in [9.17, 15) is 5.11 Å². The number of aromatic hydroxyl groups is 1. The minimum atomic E-state index is 0.00375. The average Bonchev–Trinajstić information content (AvgIpc) is 2.01. The lowest BCUT2D eigenvalue weighted by atomic mass is 10.1. The molecule has 0 amide bonds. The highest BCUT2D eigenvalue weighted by Crippen LogP contribution is 2.26. The van der Waals surface area contributed by atoms with E-state index in [0.29, 0.717) is 16.8 Å². The molecule has 56 valence electrons. The van der Waals surface area contributed by atoms with Crippen LogP contribution in [0.15, 0.2) is 12.1 Å². The number of benzene rings is 1. The number of rotatable bonds is 0. The topological polar surface area (TPSA) is 70.0 Å². The first-order valence-corrected chi connectivity index (χ1v) is 3.15. The Morgan fingerprint density at radius 1 is 1.55 bits per heavy atom. The molecule has 0 unspecified atom stereocenters. The van der Waals surface area contributed by atoms with Gasteiger partial charge in [-0.3, -0.25) is 0 Å². The molecular formula is C8H8N2O. The smallest absolute Gasteiger partial charge is 0.142 e. The molecule has 1 rings (SSSR count). The van der Waals surface area contributed by atoms with E-state index in [1.807, 2.05) is 6.07 Å². The fourth-order valence-corrected chi connectivity index (χ4v) is 0.842. The number of hydrogen-bond donors (Lipinski definition) is 2. The Morgan fingerprint density at radius 3 is 2.73 bits per heavy atom. The van der Waals surface area contributed by atoms with E-state index in [2.05, 4.69) is 0 Å². The monoisotopic (exact) mass is 148 g/mol. The van der Waals surface area contributed by atoms with Crippen molar-refractivity contribution < 1.29 is 5.11 Å². The number of hydrogen-bond acceptors (Lipinski definition) is 3. The Labute approximate surface area is 64.7 Å². The molecule has 3 heteroatoms. The second-order valence-corrected chi connectivity index (χ2v) is 2.29. The normalized spacial score (nSPS) is 9.09. The number of nitrogen functional groups attached to an aromatic ring is 1. The van der Waals surface area contributed by atoms with Crippen LogP contribution < -0.4 is 5.73 Å². The molecule has 0 aliphatic heterocycles.